The van der Waals surface area contributed by atoms with Crippen molar-refractivity contribution in [2.75, 3.05) is 7.11 Å². The lowest BCUT2D eigenvalue weighted by molar-refractivity contribution is -0.143. The Hall–Kier alpha value is -3.87. The fourth-order valence-corrected chi connectivity index (χ4v) is 3.89. The van der Waals surface area contributed by atoms with Crippen molar-refractivity contribution in [1.82, 2.24) is 5.32 Å². The molecule has 1 N–H and O–H groups in total. The maximum atomic E-state index is 13.4. The Morgan fingerprint density at radius 2 is 1.42 bits per heavy atom. The number of ether oxygens (including phenoxy) is 1. The minimum atomic E-state index is -4.45. The number of rotatable bonds is 5. The molecule has 0 aliphatic heterocycles. The number of halogens is 3. The third-order valence-corrected chi connectivity index (χ3v) is 5.51. The van der Waals surface area contributed by atoms with Crippen LogP contribution in [0, 0.1) is 0 Å². The molecule has 0 unspecified atom stereocenters. The van der Waals surface area contributed by atoms with E-state index in [0.29, 0.717) is 11.1 Å². The molecule has 7 heteroatoms. The molecule has 4 nitrogen and oxygen atoms in total. The Balaban J connectivity index is 1.68. The first-order chi connectivity index (χ1) is 15.8. The molecule has 0 heterocycles. The highest BCUT2D eigenvalue weighted by molar-refractivity contribution is 6.18. The van der Waals surface area contributed by atoms with E-state index < -0.39 is 29.7 Å². The highest BCUT2D eigenvalue weighted by Gasteiger charge is 2.30. The summed E-state index contributed by atoms with van der Waals surface area (Å²) in [7, 11) is 1.20. The number of amides is 1. The SMILES string of the molecule is COC(=O)[C@@H](Cc1ccc(C(F)(F)F)cc1)NC(=O)c1c2ccccc2cc2ccccc12. The number of carbonyl (C=O) groups is 2. The standard InChI is InChI=1S/C26H20F3NO3/c1-33-25(32)22(14-16-10-12-19(13-11-16)26(27,28)29)30-24(31)23-20-8-4-2-6-17(20)15-18-7-3-5-9-21(18)23/h2-13,15,22H,14H2,1H3,(H,30,31)/t22-/m1/s1. The molecule has 1 amide bonds. The predicted molar refractivity (Wildman–Crippen MR) is 120 cm³/mol. The van der Waals surface area contributed by atoms with Crippen LogP contribution in [0.2, 0.25) is 0 Å². The van der Waals surface area contributed by atoms with Crippen LogP contribution in [0.4, 0.5) is 13.2 Å². The third kappa shape index (κ3) is 4.67. The summed E-state index contributed by atoms with van der Waals surface area (Å²) in [6, 6.07) is 20.3. The first-order valence-corrected chi connectivity index (χ1v) is 10.2. The Morgan fingerprint density at radius 1 is 0.879 bits per heavy atom. The Labute approximate surface area is 188 Å². The maximum Gasteiger partial charge on any atom is 0.416 e. The van der Waals surface area contributed by atoms with Crippen LogP contribution in [-0.2, 0) is 22.1 Å². The number of hydrogen-bond acceptors (Lipinski definition) is 3. The number of methoxy groups -OCH3 is 1. The van der Waals surface area contributed by atoms with Gasteiger partial charge in [0.05, 0.1) is 18.2 Å². The molecule has 0 fully saturated rings. The number of esters is 1. The van der Waals surface area contributed by atoms with Crippen molar-refractivity contribution < 1.29 is 27.5 Å². The molecular weight excluding hydrogens is 431 g/mol. The van der Waals surface area contributed by atoms with Gasteiger partial charge in [0.25, 0.3) is 5.91 Å². The number of hydrogen-bond donors (Lipinski definition) is 1. The van der Waals surface area contributed by atoms with Crippen molar-refractivity contribution in [2.45, 2.75) is 18.6 Å². The fraction of sp³-hybridized carbons (Fsp3) is 0.154. The molecule has 33 heavy (non-hydrogen) atoms. The van der Waals surface area contributed by atoms with Gasteiger partial charge in [-0.3, -0.25) is 4.79 Å². The molecule has 0 bridgehead atoms. The quantitative estimate of drug-likeness (QED) is 0.321. The van der Waals surface area contributed by atoms with E-state index >= 15 is 0 Å². The van der Waals surface area contributed by atoms with Gasteiger partial charge in [-0.1, -0.05) is 60.7 Å². The van der Waals surface area contributed by atoms with Gasteiger partial charge in [-0.15, -0.1) is 0 Å². The van der Waals surface area contributed by atoms with Gasteiger partial charge in [-0.05, 0) is 45.3 Å². The summed E-state index contributed by atoms with van der Waals surface area (Å²) in [5, 5.41) is 5.93. The largest absolute Gasteiger partial charge is 0.467 e. The average molecular weight is 451 g/mol. The van der Waals surface area contributed by atoms with Gasteiger partial charge in [0.2, 0.25) is 0 Å². The maximum absolute atomic E-state index is 13.4. The summed E-state index contributed by atoms with van der Waals surface area (Å²) in [4.78, 5) is 25.8. The van der Waals surface area contributed by atoms with Crippen molar-refractivity contribution in [3.8, 4) is 0 Å². The van der Waals surface area contributed by atoms with Gasteiger partial charge < -0.3 is 10.1 Å². The van der Waals surface area contributed by atoms with Gasteiger partial charge in [0.15, 0.2) is 0 Å². The zero-order valence-electron chi connectivity index (χ0n) is 17.6. The van der Waals surface area contributed by atoms with E-state index in [1.165, 1.54) is 19.2 Å². The van der Waals surface area contributed by atoms with Crippen LogP contribution in [0.25, 0.3) is 21.5 Å². The van der Waals surface area contributed by atoms with Gasteiger partial charge in [-0.2, -0.15) is 13.2 Å². The number of benzene rings is 4. The molecule has 0 saturated heterocycles. The van der Waals surface area contributed by atoms with E-state index in [1.807, 2.05) is 54.6 Å². The van der Waals surface area contributed by atoms with Crippen molar-refractivity contribution in [3.63, 3.8) is 0 Å². The van der Waals surface area contributed by atoms with Crippen LogP contribution >= 0.6 is 0 Å². The summed E-state index contributed by atoms with van der Waals surface area (Å²) >= 11 is 0. The lowest BCUT2D eigenvalue weighted by Crippen LogP contribution is -2.43. The molecule has 0 spiro atoms. The van der Waals surface area contributed by atoms with Gasteiger partial charge in [0, 0.05) is 6.42 Å². The minimum Gasteiger partial charge on any atom is -0.467 e. The third-order valence-electron chi connectivity index (χ3n) is 5.51. The van der Waals surface area contributed by atoms with E-state index in [9.17, 15) is 22.8 Å². The number of carbonyl (C=O) groups excluding carboxylic acids is 2. The molecule has 0 aliphatic rings. The molecule has 0 saturated carbocycles. The van der Waals surface area contributed by atoms with E-state index in [-0.39, 0.29) is 6.42 Å². The van der Waals surface area contributed by atoms with Crippen molar-refractivity contribution in [3.05, 3.63) is 95.6 Å². The van der Waals surface area contributed by atoms with Crippen molar-refractivity contribution >= 4 is 33.4 Å². The molecule has 0 radical (unpaired) electrons. The van der Waals surface area contributed by atoms with Crippen LogP contribution < -0.4 is 5.32 Å². The molecule has 0 aromatic heterocycles. The zero-order chi connectivity index (χ0) is 23.6. The van der Waals surface area contributed by atoms with Crippen LogP contribution in [0.5, 0.6) is 0 Å². The highest BCUT2D eigenvalue weighted by Crippen LogP contribution is 2.30. The normalized spacial score (nSPS) is 12.5. The Bertz CT molecular complexity index is 1280. The van der Waals surface area contributed by atoms with E-state index in [4.69, 9.17) is 4.74 Å². The van der Waals surface area contributed by atoms with Crippen molar-refractivity contribution in [1.29, 1.82) is 0 Å². The summed E-state index contributed by atoms with van der Waals surface area (Å²) in [5.41, 5.74) is 0.0960. The van der Waals surface area contributed by atoms with E-state index in [2.05, 4.69) is 5.32 Å². The second-order valence-corrected chi connectivity index (χ2v) is 7.64. The molecule has 4 aromatic rings. The van der Waals surface area contributed by atoms with Crippen LogP contribution in [0.1, 0.15) is 21.5 Å². The van der Waals surface area contributed by atoms with Crippen LogP contribution in [0.3, 0.4) is 0 Å². The molecule has 4 rings (SSSR count). The second-order valence-electron chi connectivity index (χ2n) is 7.64. The summed E-state index contributed by atoms with van der Waals surface area (Å²) in [6.45, 7) is 0. The first kappa shape index (κ1) is 22.3. The molecule has 168 valence electrons. The lowest BCUT2D eigenvalue weighted by atomic mass is 9.95. The minimum absolute atomic E-state index is 0.0146. The summed E-state index contributed by atoms with van der Waals surface area (Å²) in [6.07, 6.45) is -4.47. The zero-order valence-corrected chi connectivity index (χ0v) is 17.6. The second kappa shape index (κ2) is 8.94. The molecular formula is C26H20F3NO3. The molecule has 0 aliphatic carbocycles. The highest BCUT2D eigenvalue weighted by atomic mass is 19.4. The lowest BCUT2D eigenvalue weighted by Gasteiger charge is -2.19. The number of alkyl halides is 3. The summed E-state index contributed by atoms with van der Waals surface area (Å²) < 4.78 is 43.4. The van der Waals surface area contributed by atoms with E-state index in [0.717, 1.165) is 33.7 Å². The van der Waals surface area contributed by atoms with E-state index in [1.54, 1.807) is 0 Å². The monoisotopic (exact) mass is 451 g/mol. The summed E-state index contributed by atoms with van der Waals surface area (Å²) in [5.74, 6) is -1.15. The number of fused-ring (bicyclic) bond motifs is 2. The Kier molecular flexibility index (Phi) is 6.05. The first-order valence-electron chi connectivity index (χ1n) is 10.2. The smallest absolute Gasteiger partial charge is 0.416 e. The van der Waals surface area contributed by atoms with Gasteiger partial charge in [0.1, 0.15) is 6.04 Å². The Morgan fingerprint density at radius 3 is 1.94 bits per heavy atom. The van der Waals surface area contributed by atoms with Gasteiger partial charge in [-0.25, -0.2) is 4.79 Å². The van der Waals surface area contributed by atoms with Crippen LogP contribution in [0.15, 0.2) is 78.9 Å². The van der Waals surface area contributed by atoms with Gasteiger partial charge >= 0.3 is 12.1 Å². The van der Waals surface area contributed by atoms with Crippen LogP contribution in [-0.4, -0.2) is 25.0 Å². The topological polar surface area (TPSA) is 55.4 Å². The molecule has 4 aromatic carbocycles. The average Bonchev–Trinajstić information content (AvgIpc) is 2.81. The fourth-order valence-electron chi connectivity index (χ4n) is 3.89. The van der Waals surface area contributed by atoms with Crippen molar-refractivity contribution in [2.24, 2.45) is 0 Å². The number of nitrogens with one attached hydrogen (secondary N) is 1. The molecule has 1 atom stereocenters. The predicted octanol–water partition coefficient (Wildman–Crippen LogP) is 5.53.